The normalized spacial score (nSPS) is 19.7. The lowest BCUT2D eigenvalue weighted by molar-refractivity contribution is -0.144. The van der Waals surface area contributed by atoms with Crippen LogP contribution in [0.2, 0.25) is 0 Å². The lowest BCUT2D eigenvalue weighted by Crippen LogP contribution is -2.59. The summed E-state index contributed by atoms with van der Waals surface area (Å²) in [7, 11) is 3.12. The van der Waals surface area contributed by atoms with Crippen LogP contribution in [0.3, 0.4) is 0 Å². The molecule has 1 aliphatic carbocycles. The van der Waals surface area contributed by atoms with E-state index < -0.39 is 75.7 Å². The molecule has 6 amide bonds. The van der Waals surface area contributed by atoms with Crippen molar-refractivity contribution in [2.24, 2.45) is 11.3 Å². The van der Waals surface area contributed by atoms with Gasteiger partial charge in [0.1, 0.15) is 18.1 Å². The Balaban J connectivity index is 1.45. The molecular formula is C37H54N6O8S2. The first-order chi connectivity index (χ1) is 25.0. The summed E-state index contributed by atoms with van der Waals surface area (Å²) in [4.78, 5) is 96.3. The molecule has 2 aliphatic heterocycles. The molecule has 1 spiro atoms. The van der Waals surface area contributed by atoms with Gasteiger partial charge < -0.3 is 35.8 Å². The molecule has 16 heteroatoms. The first-order valence-corrected chi connectivity index (χ1v) is 20.2. The van der Waals surface area contributed by atoms with Crippen LogP contribution in [0.5, 0.6) is 0 Å². The van der Waals surface area contributed by atoms with Gasteiger partial charge in [0.2, 0.25) is 29.4 Å². The van der Waals surface area contributed by atoms with Crippen molar-refractivity contribution in [3.8, 4) is 0 Å². The number of carbonyl (C=O) groups is 7. The number of hydrogen-bond donors (Lipinski definition) is 4. The van der Waals surface area contributed by atoms with Crippen LogP contribution in [0.25, 0.3) is 0 Å². The highest BCUT2D eigenvalue weighted by Gasteiger charge is 2.53. The van der Waals surface area contributed by atoms with Crippen molar-refractivity contribution in [1.29, 1.82) is 0 Å². The van der Waals surface area contributed by atoms with Gasteiger partial charge in [0.15, 0.2) is 0 Å². The van der Waals surface area contributed by atoms with Gasteiger partial charge in [-0.3, -0.25) is 28.8 Å². The first-order valence-electron chi connectivity index (χ1n) is 18.2. The number of benzene rings is 1. The van der Waals surface area contributed by atoms with Crippen LogP contribution >= 0.6 is 23.5 Å². The number of rotatable bonds is 15. The quantitative estimate of drug-likeness (QED) is 0.193. The van der Waals surface area contributed by atoms with Crippen molar-refractivity contribution in [3.05, 3.63) is 35.9 Å². The Morgan fingerprint density at radius 1 is 0.981 bits per heavy atom. The van der Waals surface area contributed by atoms with E-state index in [1.165, 1.54) is 9.80 Å². The molecule has 292 valence electrons. The molecule has 4 atom stereocenters. The second-order valence-electron chi connectivity index (χ2n) is 15.2. The van der Waals surface area contributed by atoms with E-state index in [1.54, 1.807) is 74.9 Å². The van der Waals surface area contributed by atoms with Crippen molar-refractivity contribution in [2.45, 2.75) is 94.5 Å². The molecular weight excluding hydrogens is 721 g/mol. The highest BCUT2D eigenvalue weighted by Crippen LogP contribution is 2.50. The number of nitrogens with zero attached hydrogens (tertiary/aromatic N) is 2. The number of ketones is 1. The number of likely N-dealkylation sites (tertiary alicyclic amines) is 1. The minimum absolute atomic E-state index is 0.145. The summed E-state index contributed by atoms with van der Waals surface area (Å²) in [6.45, 7) is 7.29. The summed E-state index contributed by atoms with van der Waals surface area (Å²) < 4.78 is 4.95. The van der Waals surface area contributed by atoms with E-state index in [4.69, 9.17) is 4.74 Å². The maximum absolute atomic E-state index is 14.3. The lowest BCUT2D eigenvalue weighted by atomic mass is 9.85. The fourth-order valence-corrected chi connectivity index (χ4v) is 9.57. The van der Waals surface area contributed by atoms with Gasteiger partial charge in [-0.25, -0.2) is 4.79 Å². The Morgan fingerprint density at radius 2 is 1.64 bits per heavy atom. The Morgan fingerprint density at radius 3 is 2.23 bits per heavy atom. The number of amides is 6. The summed E-state index contributed by atoms with van der Waals surface area (Å²) >= 11 is 3.41. The van der Waals surface area contributed by atoms with E-state index in [0.29, 0.717) is 24.3 Å². The lowest BCUT2D eigenvalue weighted by Gasteiger charge is -2.36. The molecule has 1 saturated carbocycles. The highest BCUT2D eigenvalue weighted by molar-refractivity contribution is 8.18. The van der Waals surface area contributed by atoms with E-state index in [2.05, 4.69) is 21.3 Å². The minimum Gasteiger partial charge on any atom is -0.449 e. The molecule has 0 radical (unpaired) electrons. The predicted molar refractivity (Wildman–Crippen MR) is 204 cm³/mol. The Hall–Kier alpha value is -3.79. The number of carbonyl (C=O) groups excluding carboxylic acids is 7. The zero-order valence-electron chi connectivity index (χ0n) is 31.5. The number of hydrogen-bond acceptors (Lipinski definition) is 10. The minimum atomic E-state index is -1.21. The second kappa shape index (κ2) is 18.5. The smallest absolute Gasteiger partial charge is 0.407 e. The fraction of sp³-hybridized carbons (Fsp3) is 0.649. The van der Waals surface area contributed by atoms with Crippen molar-refractivity contribution in [1.82, 2.24) is 31.1 Å². The van der Waals surface area contributed by atoms with Gasteiger partial charge in [0.05, 0.1) is 23.3 Å². The van der Waals surface area contributed by atoms with Crippen LogP contribution in [0, 0.1) is 11.3 Å². The van der Waals surface area contributed by atoms with Crippen LogP contribution in [0.15, 0.2) is 30.3 Å². The predicted octanol–water partition coefficient (Wildman–Crippen LogP) is 2.62. The molecule has 3 fully saturated rings. The van der Waals surface area contributed by atoms with E-state index in [-0.39, 0.29) is 25.5 Å². The van der Waals surface area contributed by atoms with Crippen LogP contribution < -0.4 is 21.3 Å². The number of nitrogens with one attached hydrogen (secondary N) is 4. The summed E-state index contributed by atoms with van der Waals surface area (Å²) in [5, 5.41) is 10.5. The third kappa shape index (κ3) is 11.6. The van der Waals surface area contributed by atoms with Gasteiger partial charge in [-0.1, -0.05) is 64.4 Å². The number of thioether (sulfide) groups is 2. The van der Waals surface area contributed by atoms with E-state index in [0.717, 1.165) is 30.8 Å². The SMILES string of the molecule is CCCC(NC(=O)[C@@H]1CC2(CN1C(=O)[C@@H](NC(=O)OCC1CC1)C(C)(C)C)SCCCS2)C(=O)C(=O)NCC(=O)N[C@H](C(=O)N(C)C)c1ccccc1. The van der Waals surface area contributed by atoms with E-state index >= 15 is 0 Å². The molecule has 1 unspecified atom stereocenters. The third-order valence-electron chi connectivity index (χ3n) is 9.39. The van der Waals surface area contributed by atoms with Crippen molar-refractivity contribution < 1.29 is 38.3 Å². The number of likely N-dealkylation sites (N-methyl/N-ethyl adjacent to an activating group) is 1. The van der Waals surface area contributed by atoms with Gasteiger partial charge in [-0.05, 0) is 54.1 Å². The molecule has 0 aromatic heterocycles. The van der Waals surface area contributed by atoms with E-state index in [9.17, 15) is 33.6 Å². The number of alkyl carbamates (subject to hydrolysis) is 1. The molecule has 0 bridgehead atoms. The molecule has 3 aliphatic rings. The van der Waals surface area contributed by atoms with Crippen molar-refractivity contribution in [2.75, 3.05) is 45.3 Å². The van der Waals surface area contributed by atoms with Gasteiger partial charge in [-0.2, -0.15) is 0 Å². The molecule has 2 saturated heterocycles. The molecule has 4 N–H and O–H groups in total. The Bertz CT molecular complexity index is 1510. The maximum Gasteiger partial charge on any atom is 0.407 e. The Kier molecular flexibility index (Phi) is 14.6. The average Bonchev–Trinajstić information content (AvgIpc) is 3.89. The first kappa shape index (κ1) is 42.0. The van der Waals surface area contributed by atoms with Gasteiger partial charge in [0, 0.05) is 27.1 Å². The summed E-state index contributed by atoms with van der Waals surface area (Å²) in [6, 6.07) is 4.49. The summed E-state index contributed by atoms with van der Waals surface area (Å²) in [5.74, 6) is -1.96. The second-order valence-corrected chi connectivity index (χ2v) is 18.4. The molecule has 1 aromatic rings. The van der Waals surface area contributed by atoms with Crippen LogP contribution in [0.1, 0.15) is 77.8 Å². The largest absolute Gasteiger partial charge is 0.449 e. The van der Waals surface area contributed by atoms with Gasteiger partial charge >= 0.3 is 6.09 Å². The molecule has 2 heterocycles. The van der Waals surface area contributed by atoms with Gasteiger partial charge in [0.25, 0.3) is 5.91 Å². The molecule has 4 rings (SSSR count). The van der Waals surface area contributed by atoms with Crippen molar-refractivity contribution >= 4 is 64.9 Å². The topological polar surface area (TPSA) is 183 Å². The zero-order valence-corrected chi connectivity index (χ0v) is 33.2. The monoisotopic (exact) mass is 774 g/mol. The van der Waals surface area contributed by atoms with Gasteiger partial charge in [-0.15, -0.1) is 23.5 Å². The molecule has 14 nitrogen and oxygen atoms in total. The molecule has 1 aromatic carbocycles. The zero-order chi connectivity index (χ0) is 38.9. The average molecular weight is 775 g/mol. The number of Topliss-reactive ketones (excluding diaryl/α,β-unsaturated/α-hetero) is 1. The molecule has 53 heavy (non-hydrogen) atoms. The van der Waals surface area contributed by atoms with Crippen LogP contribution in [-0.4, -0.2) is 119 Å². The summed E-state index contributed by atoms with van der Waals surface area (Å²) in [5.41, 5.74) is -0.164. The third-order valence-corrected chi connectivity index (χ3v) is 12.7. The fourth-order valence-electron chi connectivity index (χ4n) is 6.22. The standard InChI is InChI=1S/C37H54N6O8S2/c1-7-12-25(29(45)32(47)38-20-27(44)40-28(33(48)42(5)6)24-13-9-8-10-14-24)39-31(46)26-19-37(52-17-11-18-53-37)22-43(26)34(49)30(36(2,3)4)41-35(50)51-21-23-15-16-23/h8-10,13-14,23,25-26,28,30H,7,11-12,15-22H2,1-6H3,(H,38,47)(H,39,46)(H,40,44)(H,41,50)/t25?,26-,28-,30+/m0/s1. The van der Waals surface area contributed by atoms with Crippen LogP contribution in [-0.2, 0) is 33.5 Å². The summed E-state index contributed by atoms with van der Waals surface area (Å²) in [6.07, 6.45) is 3.25. The van der Waals surface area contributed by atoms with E-state index in [1.807, 2.05) is 20.8 Å². The maximum atomic E-state index is 14.3. The van der Waals surface area contributed by atoms with Crippen LogP contribution in [0.4, 0.5) is 4.79 Å². The van der Waals surface area contributed by atoms with Crippen molar-refractivity contribution in [3.63, 3.8) is 0 Å². The highest BCUT2D eigenvalue weighted by atomic mass is 32.2. The number of ether oxygens (including phenoxy) is 1. The Labute approximate surface area is 320 Å².